The lowest BCUT2D eigenvalue weighted by atomic mass is 9.94. The Kier molecular flexibility index (Phi) is 2.81. The molecule has 1 aromatic rings. The second kappa shape index (κ2) is 3.95. The van der Waals surface area contributed by atoms with Crippen LogP contribution in [0.2, 0.25) is 0 Å². The van der Waals surface area contributed by atoms with Crippen LogP contribution < -0.4 is 0 Å². The maximum absolute atomic E-state index is 5.82. The molecule has 2 atom stereocenters. The predicted molar refractivity (Wildman–Crippen MR) is 59.8 cm³/mol. The van der Waals surface area contributed by atoms with Crippen LogP contribution in [-0.4, -0.2) is 18.5 Å². The van der Waals surface area contributed by atoms with Crippen molar-refractivity contribution in [3.63, 3.8) is 0 Å². The molecule has 0 bridgehead atoms. The van der Waals surface area contributed by atoms with Gasteiger partial charge in [-0.1, -0.05) is 30.3 Å². The van der Waals surface area contributed by atoms with Crippen LogP contribution in [0.4, 0.5) is 0 Å². The fraction of sp³-hybridized carbons (Fsp3) is 0.538. The molecule has 1 aliphatic rings. The van der Waals surface area contributed by atoms with Crippen molar-refractivity contribution in [1.29, 1.82) is 0 Å². The van der Waals surface area contributed by atoms with Crippen LogP contribution in [-0.2, 0) is 9.47 Å². The molecule has 1 saturated heterocycles. The van der Waals surface area contributed by atoms with E-state index in [0.717, 1.165) is 6.61 Å². The van der Waals surface area contributed by atoms with E-state index in [1.807, 2.05) is 19.9 Å². The van der Waals surface area contributed by atoms with E-state index in [4.69, 9.17) is 9.47 Å². The minimum absolute atomic E-state index is 0.205. The number of benzene rings is 1. The number of ether oxygens (including phenoxy) is 2. The normalized spacial score (nSPS) is 30.1. The molecule has 0 aromatic heterocycles. The van der Waals surface area contributed by atoms with Gasteiger partial charge in [0.15, 0.2) is 5.79 Å². The van der Waals surface area contributed by atoms with Crippen molar-refractivity contribution in [2.24, 2.45) is 0 Å². The third-order valence-electron chi connectivity index (χ3n) is 2.87. The number of rotatable bonds is 1. The fourth-order valence-corrected chi connectivity index (χ4v) is 2.06. The summed E-state index contributed by atoms with van der Waals surface area (Å²) in [5, 5.41) is 0. The van der Waals surface area contributed by atoms with Crippen LogP contribution in [0, 0.1) is 0 Å². The molecular weight excluding hydrogens is 188 g/mol. The lowest BCUT2D eigenvalue weighted by Gasteiger charge is -2.39. The van der Waals surface area contributed by atoms with Crippen LogP contribution in [0.15, 0.2) is 30.3 Å². The zero-order valence-corrected chi connectivity index (χ0v) is 9.57. The first-order chi connectivity index (χ1) is 7.08. The summed E-state index contributed by atoms with van der Waals surface area (Å²) in [5.41, 5.74) is 1.29. The van der Waals surface area contributed by atoms with Crippen molar-refractivity contribution in [1.82, 2.24) is 0 Å². The Morgan fingerprint density at radius 1 is 1.20 bits per heavy atom. The summed E-state index contributed by atoms with van der Waals surface area (Å²) in [6.45, 7) is 6.77. The Bertz CT molecular complexity index is 319. The molecule has 2 nitrogen and oxygen atoms in total. The molecule has 1 aliphatic heterocycles. The average molecular weight is 206 g/mol. The van der Waals surface area contributed by atoms with E-state index in [1.165, 1.54) is 5.56 Å². The summed E-state index contributed by atoms with van der Waals surface area (Å²) in [4.78, 5) is 0. The zero-order chi connectivity index (χ0) is 10.9. The van der Waals surface area contributed by atoms with Crippen LogP contribution in [0.5, 0.6) is 0 Å². The van der Waals surface area contributed by atoms with Gasteiger partial charge in [0.1, 0.15) is 0 Å². The van der Waals surface area contributed by atoms with Gasteiger partial charge >= 0.3 is 0 Å². The summed E-state index contributed by atoms with van der Waals surface area (Å²) in [6.07, 6.45) is 0.205. The van der Waals surface area contributed by atoms with Crippen LogP contribution >= 0.6 is 0 Å². The highest BCUT2D eigenvalue weighted by Crippen LogP contribution is 2.32. The van der Waals surface area contributed by atoms with Crippen molar-refractivity contribution in [2.45, 2.75) is 38.6 Å². The molecule has 2 heteroatoms. The molecule has 0 N–H and O–H groups in total. The van der Waals surface area contributed by atoms with Gasteiger partial charge in [-0.15, -0.1) is 0 Å². The molecule has 0 amide bonds. The molecule has 0 unspecified atom stereocenters. The molecule has 0 radical (unpaired) electrons. The van der Waals surface area contributed by atoms with Gasteiger partial charge in [0.2, 0.25) is 0 Å². The van der Waals surface area contributed by atoms with E-state index >= 15 is 0 Å². The van der Waals surface area contributed by atoms with Crippen molar-refractivity contribution < 1.29 is 9.47 Å². The van der Waals surface area contributed by atoms with Gasteiger partial charge < -0.3 is 9.47 Å². The Balaban J connectivity index is 2.13. The average Bonchev–Trinajstić information content (AvgIpc) is 2.17. The minimum Gasteiger partial charge on any atom is -0.350 e. The summed E-state index contributed by atoms with van der Waals surface area (Å²) in [7, 11) is 0. The Morgan fingerprint density at radius 2 is 1.87 bits per heavy atom. The quantitative estimate of drug-likeness (QED) is 0.703. The van der Waals surface area contributed by atoms with E-state index in [-0.39, 0.29) is 6.10 Å². The monoisotopic (exact) mass is 206 g/mol. The molecule has 0 aliphatic carbocycles. The zero-order valence-electron chi connectivity index (χ0n) is 9.57. The molecule has 2 rings (SSSR count). The third-order valence-corrected chi connectivity index (χ3v) is 2.87. The van der Waals surface area contributed by atoms with E-state index in [1.54, 1.807) is 0 Å². The molecular formula is C13H18O2. The van der Waals surface area contributed by atoms with Crippen molar-refractivity contribution >= 4 is 0 Å². The Hall–Kier alpha value is -0.860. The van der Waals surface area contributed by atoms with Gasteiger partial charge in [-0.2, -0.15) is 0 Å². The summed E-state index contributed by atoms with van der Waals surface area (Å²) >= 11 is 0. The van der Waals surface area contributed by atoms with Crippen LogP contribution in [0.3, 0.4) is 0 Å². The summed E-state index contributed by atoms with van der Waals surface area (Å²) in [5.74, 6) is -0.0933. The molecule has 0 saturated carbocycles. The second-order valence-electron chi connectivity index (χ2n) is 4.55. The molecule has 0 spiro atoms. The lowest BCUT2D eigenvalue weighted by molar-refractivity contribution is -0.276. The van der Waals surface area contributed by atoms with Gasteiger partial charge in [0.05, 0.1) is 12.7 Å². The Labute approximate surface area is 91.2 Å². The topological polar surface area (TPSA) is 18.5 Å². The molecule has 1 aromatic carbocycles. The van der Waals surface area contributed by atoms with Gasteiger partial charge in [0.25, 0.3) is 0 Å². The van der Waals surface area contributed by atoms with Gasteiger partial charge in [-0.05, 0) is 26.3 Å². The van der Waals surface area contributed by atoms with Crippen LogP contribution in [0.25, 0.3) is 0 Å². The first-order valence-corrected chi connectivity index (χ1v) is 5.45. The highest BCUT2D eigenvalue weighted by atomic mass is 16.7. The highest BCUT2D eigenvalue weighted by Gasteiger charge is 2.34. The number of hydrogen-bond donors (Lipinski definition) is 0. The standard InChI is InChI=1S/C13H18O2/c1-10-12(9-14-13(2,3)15-10)11-7-5-4-6-8-11/h4-8,10,12H,9H2,1-3H3/t10-,12-/m0/s1. The van der Waals surface area contributed by atoms with E-state index in [0.29, 0.717) is 5.92 Å². The SMILES string of the molecule is C[C@@H]1OC(C)(C)OC[C@@H]1c1ccccc1. The fourth-order valence-electron chi connectivity index (χ4n) is 2.06. The van der Waals surface area contributed by atoms with Gasteiger partial charge in [-0.25, -0.2) is 0 Å². The minimum atomic E-state index is -0.440. The van der Waals surface area contributed by atoms with Crippen molar-refractivity contribution in [3.05, 3.63) is 35.9 Å². The van der Waals surface area contributed by atoms with E-state index < -0.39 is 5.79 Å². The van der Waals surface area contributed by atoms with E-state index in [9.17, 15) is 0 Å². The molecule has 15 heavy (non-hydrogen) atoms. The molecule has 1 heterocycles. The van der Waals surface area contributed by atoms with Crippen molar-refractivity contribution in [2.75, 3.05) is 6.61 Å². The first kappa shape index (κ1) is 10.7. The highest BCUT2D eigenvalue weighted by molar-refractivity contribution is 5.21. The smallest absolute Gasteiger partial charge is 0.163 e. The van der Waals surface area contributed by atoms with Crippen molar-refractivity contribution in [3.8, 4) is 0 Å². The molecule has 1 fully saturated rings. The first-order valence-electron chi connectivity index (χ1n) is 5.45. The largest absolute Gasteiger partial charge is 0.350 e. The number of hydrogen-bond acceptors (Lipinski definition) is 2. The summed E-state index contributed by atoms with van der Waals surface area (Å²) < 4.78 is 11.5. The van der Waals surface area contributed by atoms with E-state index in [2.05, 4.69) is 31.2 Å². The maximum Gasteiger partial charge on any atom is 0.163 e. The van der Waals surface area contributed by atoms with Gasteiger partial charge in [0, 0.05) is 5.92 Å². The summed E-state index contributed by atoms with van der Waals surface area (Å²) in [6, 6.07) is 10.4. The van der Waals surface area contributed by atoms with Gasteiger partial charge in [-0.3, -0.25) is 0 Å². The predicted octanol–water partition coefficient (Wildman–Crippen LogP) is 2.94. The third kappa shape index (κ3) is 2.39. The Morgan fingerprint density at radius 3 is 2.47 bits per heavy atom. The maximum atomic E-state index is 5.82. The second-order valence-corrected chi connectivity index (χ2v) is 4.55. The lowest BCUT2D eigenvalue weighted by Crippen LogP contribution is -2.43. The molecule has 82 valence electrons. The van der Waals surface area contributed by atoms with Crippen LogP contribution in [0.1, 0.15) is 32.3 Å².